The lowest BCUT2D eigenvalue weighted by atomic mass is 9.92. The van der Waals surface area contributed by atoms with E-state index in [1.54, 1.807) is 4.90 Å². The van der Waals surface area contributed by atoms with Gasteiger partial charge in [0.2, 0.25) is 0 Å². The average Bonchev–Trinajstić information content (AvgIpc) is 2.25. The van der Waals surface area contributed by atoms with Crippen molar-refractivity contribution in [2.45, 2.75) is 25.8 Å². The van der Waals surface area contributed by atoms with Gasteiger partial charge in [-0.15, -0.1) is 0 Å². The Labute approximate surface area is 105 Å². The van der Waals surface area contributed by atoms with Crippen LogP contribution < -0.4 is 5.32 Å². The van der Waals surface area contributed by atoms with Gasteiger partial charge in [0.15, 0.2) is 0 Å². The maximum atomic E-state index is 11.8. The predicted octanol–water partition coefficient (Wildman–Crippen LogP) is 1.63. The Morgan fingerprint density at radius 2 is 2.24 bits per heavy atom. The fourth-order valence-electron chi connectivity index (χ4n) is 1.97. The molecule has 2 atom stereocenters. The summed E-state index contributed by atoms with van der Waals surface area (Å²) in [5.74, 6) is -1.14. The fourth-order valence-corrected chi connectivity index (χ4v) is 2.04. The number of rotatable bonds is 3. The van der Waals surface area contributed by atoms with E-state index in [2.05, 4.69) is 11.9 Å². The van der Waals surface area contributed by atoms with Crippen LogP contribution in [-0.2, 0) is 4.79 Å². The van der Waals surface area contributed by atoms with Crippen LogP contribution in [0.4, 0.5) is 4.79 Å². The Morgan fingerprint density at radius 1 is 1.59 bits per heavy atom. The first kappa shape index (κ1) is 13.8. The number of hydrogen-bond donors (Lipinski definition) is 2. The molecule has 1 rings (SSSR count). The number of hydrogen-bond acceptors (Lipinski definition) is 2. The zero-order valence-electron chi connectivity index (χ0n) is 9.78. The zero-order valence-corrected chi connectivity index (χ0v) is 10.5. The van der Waals surface area contributed by atoms with Crippen molar-refractivity contribution in [3.05, 3.63) is 11.6 Å². The summed E-state index contributed by atoms with van der Waals surface area (Å²) in [4.78, 5) is 24.2. The molecule has 1 fully saturated rings. The molecule has 0 aromatic heterocycles. The molecule has 1 aliphatic heterocycles. The minimum absolute atomic E-state index is 0.0755. The number of amides is 2. The first-order valence-electron chi connectivity index (χ1n) is 5.52. The maximum Gasteiger partial charge on any atom is 0.317 e. The second kappa shape index (κ2) is 5.91. The second-order valence-electron chi connectivity index (χ2n) is 4.28. The van der Waals surface area contributed by atoms with E-state index < -0.39 is 5.97 Å². The molecular formula is C11H17ClN2O3. The lowest BCUT2D eigenvalue weighted by Crippen LogP contribution is -2.50. The van der Waals surface area contributed by atoms with Gasteiger partial charge in [0.1, 0.15) is 0 Å². The number of urea groups is 1. The van der Waals surface area contributed by atoms with Crippen molar-refractivity contribution in [1.29, 1.82) is 0 Å². The van der Waals surface area contributed by atoms with Crippen molar-refractivity contribution >= 4 is 23.6 Å². The summed E-state index contributed by atoms with van der Waals surface area (Å²) in [6.07, 6.45) is 0.986. The van der Waals surface area contributed by atoms with Gasteiger partial charge in [0, 0.05) is 17.6 Å². The lowest BCUT2D eigenvalue weighted by Gasteiger charge is -2.36. The van der Waals surface area contributed by atoms with Crippen LogP contribution in [0, 0.1) is 5.92 Å². The minimum Gasteiger partial charge on any atom is -0.481 e. The quantitative estimate of drug-likeness (QED) is 0.810. The number of nitrogens with one attached hydrogen (secondary N) is 1. The van der Waals surface area contributed by atoms with E-state index in [1.807, 2.05) is 6.92 Å². The van der Waals surface area contributed by atoms with E-state index in [1.165, 1.54) is 0 Å². The highest BCUT2D eigenvalue weighted by Gasteiger charge is 2.31. The molecule has 1 aliphatic rings. The summed E-state index contributed by atoms with van der Waals surface area (Å²) in [6, 6.07) is -0.295. The highest BCUT2D eigenvalue weighted by molar-refractivity contribution is 6.29. The molecule has 2 N–H and O–H groups in total. The third-order valence-corrected chi connectivity index (χ3v) is 3.05. The molecule has 0 saturated carbocycles. The van der Waals surface area contributed by atoms with E-state index in [4.69, 9.17) is 16.7 Å². The standard InChI is InChI=1S/C11H17ClN2O3/c1-7(12)6-13-11(17)14-4-3-9(10(15)16)5-8(14)2/h8-9H,1,3-6H2,2H3,(H,13,17)(H,15,16). The maximum absolute atomic E-state index is 11.8. The fraction of sp³-hybridized carbons (Fsp3) is 0.636. The molecule has 0 aromatic carbocycles. The molecule has 6 heteroatoms. The lowest BCUT2D eigenvalue weighted by molar-refractivity contribution is -0.143. The van der Waals surface area contributed by atoms with Gasteiger partial charge in [-0.2, -0.15) is 0 Å². The Morgan fingerprint density at radius 3 is 2.71 bits per heavy atom. The molecule has 0 radical (unpaired) electrons. The SMILES string of the molecule is C=C(Cl)CNC(=O)N1CCC(C(=O)O)CC1C. The molecule has 2 amide bonds. The molecule has 1 saturated heterocycles. The van der Waals surface area contributed by atoms with Crippen LogP contribution in [0.2, 0.25) is 0 Å². The molecule has 2 unspecified atom stereocenters. The van der Waals surface area contributed by atoms with Crippen molar-refractivity contribution in [3.8, 4) is 0 Å². The van der Waals surface area contributed by atoms with E-state index in [0.29, 0.717) is 24.4 Å². The van der Waals surface area contributed by atoms with Crippen LogP contribution in [0.1, 0.15) is 19.8 Å². The second-order valence-corrected chi connectivity index (χ2v) is 4.81. The number of piperidine rings is 1. The van der Waals surface area contributed by atoms with Crippen LogP contribution in [0.25, 0.3) is 0 Å². The third kappa shape index (κ3) is 3.93. The normalized spacial score (nSPS) is 24.2. The van der Waals surface area contributed by atoms with E-state index in [-0.39, 0.29) is 24.5 Å². The first-order valence-corrected chi connectivity index (χ1v) is 5.90. The number of halogens is 1. The molecule has 0 bridgehead atoms. The number of carboxylic acids is 1. The predicted molar refractivity (Wildman–Crippen MR) is 64.9 cm³/mol. The van der Waals surface area contributed by atoms with Crippen molar-refractivity contribution in [2.75, 3.05) is 13.1 Å². The number of carbonyl (C=O) groups excluding carboxylic acids is 1. The molecule has 1 heterocycles. The molecular weight excluding hydrogens is 244 g/mol. The highest BCUT2D eigenvalue weighted by atomic mass is 35.5. The third-order valence-electron chi connectivity index (χ3n) is 2.92. The van der Waals surface area contributed by atoms with Crippen LogP contribution >= 0.6 is 11.6 Å². The molecule has 0 aromatic rings. The van der Waals surface area contributed by atoms with Gasteiger partial charge in [0.25, 0.3) is 0 Å². The topological polar surface area (TPSA) is 69.6 Å². The first-order chi connectivity index (χ1) is 7.91. The van der Waals surface area contributed by atoms with E-state index in [0.717, 1.165) is 0 Å². The Bertz CT molecular complexity index is 333. The van der Waals surface area contributed by atoms with Gasteiger partial charge in [-0.3, -0.25) is 4.79 Å². The van der Waals surface area contributed by atoms with Crippen LogP contribution in [-0.4, -0.2) is 41.1 Å². The Hall–Kier alpha value is -1.23. The average molecular weight is 261 g/mol. The minimum atomic E-state index is -0.786. The highest BCUT2D eigenvalue weighted by Crippen LogP contribution is 2.22. The van der Waals surface area contributed by atoms with E-state index in [9.17, 15) is 9.59 Å². The molecule has 96 valence electrons. The van der Waals surface area contributed by atoms with Crippen LogP contribution in [0.15, 0.2) is 11.6 Å². The zero-order chi connectivity index (χ0) is 13.0. The summed E-state index contributed by atoms with van der Waals surface area (Å²) >= 11 is 5.56. The summed E-state index contributed by atoms with van der Waals surface area (Å²) < 4.78 is 0. The van der Waals surface area contributed by atoms with Gasteiger partial charge in [-0.05, 0) is 19.8 Å². The Kier molecular flexibility index (Phi) is 4.81. The number of carbonyl (C=O) groups is 2. The van der Waals surface area contributed by atoms with Gasteiger partial charge in [-0.1, -0.05) is 18.2 Å². The van der Waals surface area contributed by atoms with Crippen molar-refractivity contribution in [1.82, 2.24) is 10.2 Å². The molecule has 0 aliphatic carbocycles. The van der Waals surface area contributed by atoms with Crippen molar-refractivity contribution in [2.24, 2.45) is 5.92 Å². The smallest absolute Gasteiger partial charge is 0.317 e. The Balaban J connectivity index is 2.48. The number of aliphatic carboxylic acids is 1. The largest absolute Gasteiger partial charge is 0.481 e. The van der Waals surface area contributed by atoms with Crippen LogP contribution in [0.3, 0.4) is 0 Å². The molecule has 5 nitrogen and oxygen atoms in total. The van der Waals surface area contributed by atoms with E-state index >= 15 is 0 Å². The summed E-state index contributed by atoms with van der Waals surface area (Å²) in [7, 11) is 0. The van der Waals surface area contributed by atoms with Crippen LogP contribution in [0.5, 0.6) is 0 Å². The van der Waals surface area contributed by atoms with Gasteiger partial charge in [-0.25, -0.2) is 4.79 Å². The van der Waals surface area contributed by atoms with Gasteiger partial charge in [0.05, 0.1) is 12.5 Å². The number of carboxylic acid groups (broad SMARTS) is 1. The van der Waals surface area contributed by atoms with Crippen molar-refractivity contribution < 1.29 is 14.7 Å². The number of likely N-dealkylation sites (tertiary alicyclic amines) is 1. The van der Waals surface area contributed by atoms with Crippen molar-refractivity contribution in [3.63, 3.8) is 0 Å². The monoisotopic (exact) mass is 260 g/mol. The van der Waals surface area contributed by atoms with Gasteiger partial charge < -0.3 is 15.3 Å². The summed E-state index contributed by atoms with van der Waals surface area (Å²) in [5, 5.41) is 11.9. The molecule has 17 heavy (non-hydrogen) atoms. The summed E-state index contributed by atoms with van der Waals surface area (Å²) in [5.41, 5.74) is 0. The molecule has 0 spiro atoms. The number of nitrogens with zero attached hydrogens (tertiary/aromatic N) is 1. The summed E-state index contributed by atoms with van der Waals surface area (Å²) in [6.45, 7) is 6.02. The van der Waals surface area contributed by atoms with Gasteiger partial charge >= 0.3 is 12.0 Å².